The summed E-state index contributed by atoms with van der Waals surface area (Å²) in [6.45, 7) is 0. The number of pyridine rings is 1. The number of carbonyl (C=O) groups excluding carboxylic acids is 1. The molecule has 3 rings (SSSR count). The fourth-order valence-corrected chi connectivity index (χ4v) is 3.11. The van der Waals surface area contributed by atoms with Gasteiger partial charge in [-0.2, -0.15) is 5.26 Å². The lowest BCUT2D eigenvalue weighted by molar-refractivity contribution is 0.102. The van der Waals surface area contributed by atoms with Gasteiger partial charge in [-0.25, -0.2) is 9.97 Å². The van der Waals surface area contributed by atoms with Gasteiger partial charge in [0.15, 0.2) is 5.13 Å². The third-order valence-corrected chi connectivity index (χ3v) is 4.45. The Morgan fingerprint density at radius 3 is 2.75 bits per heavy atom. The molecule has 0 aliphatic heterocycles. The molecule has 24 heavy (non-hydrogen) atoms. The summed E-state index contributed by atoms with van der Waals surface area (Å²) in [7, 11) is 0. The van der Waals surface area contributed by atoms with Crippen LogP contribution >= 0.6 is 22.9 Å². The first-order valence-corrected chi connectivity index (χ1v) is 8.21. The predicted octanol–water partition coefficient (Wildman–Crippen LogP) is 3.91. The summed E-state index contributed by atoms with van der Waals surface area (Å²) < 4.78 is 0. The number of halogens is 1. The summed E-state index contributed by atoms with van der Waals surface area (Å²) in [5.41, 5.74) is 2.01. The molecule has 1 N–H and O–H groups in total. The molecule has 0 aliphatic carbocycles. The van der Waals surface area contributed by atoms with Crippen molar-refractivity contribution in [2.45, 2.75) is 6.42 Å². The summed E-state index contributed by atoms with van der Waals surface area (Å²) in [6.07, 6.45) is 3.94. The zero-order valence-electron chi connectivity index (χ0n) is 12.4. The minimum atomic E-state index is -0.340. The number of benzene rings is 1. The Morgan fingerprint density at radius 2 is 2.04 bits per heavy atom. The van der Waals surface area contributed by atoms with Crippen molar-refractivity contribution in [3.63, 3.8) is 0 Å². The van der Waals surface area contributed by atoms with Crippen molar-refractivity contribution in [1.29, 1.82) is 5.26 Å². The molecule has 0 atom stereocenters. The molecule has 0 unspecified atom stereocenters. The molecule has 0 radical (unpaired) electrons. The molecular formula is C17H11ClN4OS. The molecule has 0 saturated carbocycles. The van der Waals surface area contributed by atoms with Crippen molar-refractivity contribution >= 4 is 34.0 Å². The SMILES string of the molecule is N#Cc1ccc(Cc2cnc(NC(=O)c3cccnc3Cl)s2)cc1. The van der Waals surface area contributed by atoms with Gasteiger partial charge in [-0.05, 0) is 29.8 Å². The van der Waals surface area contributed by atoms with E-state index in [1.807, 2.05) is 12.1 Å². The molecule has 0 fully saturated rings. The molecular weight excluding hydrogens is 344 g/mol. The summed E-state index contributed by atoms with van der Waals surface area (Å²) in [6, 6.07) is 12.7. The number of amides is 1. The topological polar surface area (TPSA) is 78.7 Å². The highest BCUT2D eigenvalue weighted by atomic mass is 35.5. The smallest absolute Gasteiger partial charge is 0.260 e. The number of anilines is 1. The maximum atomic E-state index is 12.2. The summed E-state index contributed by atoms with van der Waals surface area (Å²) in [5, 5.41) is 12.2. The molecule has 0 spiro atoms. The summed E-state index contributed by atoms with van der Waals surface area (Å²) in [4.78, 5) is 21.3. The highest BCUT2D eigenvalue weighted by Gasteiger charge is 2.13. The second kappa shape index (κ2) is 7.21. The van der Waals surface area contributed by atoms with Gasteiger partial charge in [0.1, 0.15) is 5.15 Å². The molecule has 2 aromatic heterocycles. The van der Waals surface area contributed by atoms with E-state index in [9.17, 15) is 4.79 Å². The highest BCUT2D eigenvalue weighted by molar-refractivity contribution is 7.15. The third kappa shape index (κ3) is 3.77. The molecule has 2 heterocycles. The Hall–Kier alpha value is -2.75. The number of rotatable bonds is 4. The van der Waals surface area contributed by atoms with Gasteiger partial charge in [0.25, 0.3) is 5.91 Å². The van der Waals surface area contributed by atoms with Gasteiger partial charge in [0, 0.05) is 23.7 Å². The molecule has 5 nitrogen and oxygen atoms in total. The van der Waals surface area contributed by atoms with E-state index >= 15 is 0 Å². The van der Waals surface area contributed by atoms with Crippen molar-refractivity contribution in [3.05, 3.63) is 75.5 Å². The van der Waals surface area contributed by atoms with Gasteiger partial charge in [-0.3, -0.25) is 10.1 Å². The van der Waals surface area contributed by atoms with Crippen LogP contribution in [0.3, 0.4) is 0 Å². The second-order valence-corrected chi connectivity index (χ2v) is 6.39. The van der Waals surface area contributed by atoms with Gasteiger partial charge in [0.2, 0.25) is 0 Å². The molecule has 1 amide bonds. The van der Waals surface area contributed by atoms with E-state index in [2.05, 4.69) is 21.4 Å². The van der Waals surface area contributed by atoms with Gasteiger partial charge >= 0.3 is 0 Å². The first-order valence-electron chi connectivity index (χ1n) is 7.01. The first kappa shape index (κ1) is 16.1. The number of thiazole rings is 1. The van der Waals surface area contributed by atoms with Gasteiger partial charge in [0.05, 0.1) is 17.2 Å². The lowest BCUT2D eigenvalue weighted by Crippen LogP contribution is -2.12. The molecule has 7 heteroatoms. The quantitative estimate of drug-likeness (QED) is 0.720. The minimum Gasteiger partial charge on any atom is -0.298 e. The van der Waals surface area contributed by atoms with Crippen molar-refractivity contribution in [2.75, 3.05) is 5.32 Å². The van der Waals surface area contributed by atoms with E-state index in [1.54, 1.807) is 30.5 Å². The van der Waals surface area contributed by atoms with Crippen LogP contribution in [0.5, 0.6) is 0 Å². The van der Waals surface area contributed by atoms with Crippen LogP contribution in [0.2, 0.25) is 5.15 Å². The highest BCUT2D eigenvalue weighted by Crippen LogP contribution is 2.22. The maximum absolute atomic E-state index is 12.2. The lowest BCUT2D eigenvalue weighted by Gasteiger charge is -2.02. The van der Waals surface area contributed by atoms with Crippen molar-refractivity contribution in [2.24, 2.45) is 0 Å². The van der Waals surface area contributed by atoms with E-state index in [1.165, 1.54) is 17.5 Å². The maximum Gasteiger partial charge on any atom is 0.260 e. The van der Waals surface area contributed by atoms with Gasteiger partial charge in [-0.1, -0.05) is 23.7 Å². The second-order valence-electron chi connectivity index (χ2n) is 4.91. The largest absolute Gasteiger partial charge is 0.298 e. The van der Waals surface area contributed by atoms with Crippen LogP contribution in [0.1, 0.15) is 26.4 Å². The first-order chi connectivity index (χ1) is 11.7. The number of nitrogens with zero attached hydrogens (tertiary/aromatic N) is 3. The Morgan fingerprint density at radius 1 is 1.25 bits per heavy atom. The Labute approximate surface area is 147 Å². The number of nitriles is 1. The number of aromatic nitrogens is 2. The van der Waals surface area contributed by atoms with Crippen LogP contribution < -0.4 is 5.32 Å². The van der Waals surface area contributed by atoms with E-state index < -0.39 is 0 Å². The summed E-state index contributed by atoms with van der Waals surface area (Å²) >= 11 is 7.31. The fraction of sp³-hybridized carbons (Fsp3) is 0.0588. The van der Waals surface area contributed by atoms with Gasteiger partial charge in [-0.15, -0.1) is 11.3 Å². The van der Waals surface area contributed by atoms with E-state index in [-0.39, 0.29) is 11.1 Å². The number of carbonyl (C=O) groups is 1. The molecule has 1 aromatic carbocycles. The van der Waals surface area contributed by atoms with E-state index in [0.717, 1.165) is 10.4 Å². The minimum absolute atomic E-state index is 0.157. The van der Waals surface area contributed by atoms with Crippen LogP contribution in [0.4, 0.5) is 5.13 Å². The fourth-order valence-electron chi connectivity index (χ4n) is 2.07. The Balaban J connectivity index is 1.68. The zero-order valence-corrected chi connectivity index (χ0v) is 13.9. The molecule has 0 aliphatic rings. The van der Waals surface area contributed by atoms with Crippen molar-refractivity contribution in [1.82, 2.24) is 9.97 Å². The standard InChI is InChI=1S/C17H11ClN4OS/c18-15-14(2-1-7-20-15)16(23)22-17-21-10-13(24-17)8-11-3-5-12(9-19)6-4-11/h1-7,10H,8H2,(H,21,22,23). The number of nitrogens with one attached hydrogen (secondary N) is 1. The lowest BCUT2D eigenvalue weighted by atomic mass is 10.1. The van der Waals surface area contributed by atoms with Crippen LogP contribution in [-0.2, 0) is 6.42 Å². The number of hydrogen-bond donors (Lipinski definition) is 1. The van der Waals surface area contributed by atoms with Crippen LogP contribution in [0.25, 0.3) is 0 Å². The Kier molecular flexibility index (Phi) is 4.85. The zero-order chi connectivity index (χ0) is 16.9. The van der Waals surface area contributed by atoms with Crippen LogP contribution in [-0.4, -0.2) is 15.9 Å². The predicted molar refractivity (Wildman–Crippen MR) is 93.3 cm³/mol. The monoisotopic (exact) mass is 354 g/mol. The third-order valence-electron chi connectivity index (χ3n) is 3.24. The van der Waals surface area contributed by atoms with E-state index in [0.29, 0.717) is 22.7 Å². The van der Waals surface area contributed by atoms with Crippen LogP contribution in [0, 0.1) is 11.3 Å². The average Bonchev–Trinajstić information content (AvgIpc) is 3.02. The summed E-state index contributed by atoms with van der Waals surface area (Å²) in [5.74, 6) is -0.340. The molecule has 0 saturated heterocycles. The average molecular weight is 355 g/mol. The molecule has 3 aromatic rings. The molecule has 0 bridgehead atoms. The Bertz CT molecular complexity index is 915. The van der Waals surface area contributed by atoms with Crippen molar-refractivity contribution < 1.29 is 4.79 Å². The van der Waals surface area contributed by atoms with E-state index in [4.69, 9.17) is 16.9 Å². The van der Waals surface area contributed by atoms with Crippen molar-refractivity contribution in [3.8, 4) is 6.07 Å². The normalized spacial score (nSPS) is 10.2. The molecule has 118 valence electrons. The number of hydrogen-bond acceptors (Lipinski definition) is 5. The van der Waals surface area contributed by atoms with Crippen LogP contribution in [0.15, 0.2) is 48.8 Å². The van der Waals surface area contributed by atoms with Gasteiger partial charge < -0.3 is 0 Å².